The normalized spacial score (nSPS) is 13.1. The number of carbonyl (C=O) groups is 1. The summed E-state index contributed by atoms with van der Waals surface area (Å²) in [6.45, 7) is 12.5. The van der Waals surface area contributed by atoms with Crippen molar-refractivity contribution in [1.29, 1.82) is 0 Å². The van der Waals surface area contributed by atoms with Crippen LogP contribution in [-0.2, 0) is 4.74 Å². The molecular weight excluding hydrogens is 258 g/mol. The van der Waals surface area contributed by atoms with E-state index in [2.05, 4.69) is 15.8 Å². The second-order valence-electron chi connectivity index (χ2n) is 5.84. The molecule has 114 valence electrons. The fourth-order valence-electron chi connectivity index (χ4n) is 1.98. The molecule has 1 unspecified atom stereocenters. The van der Waals surface area contributed by atoms with Crippen LogP contribution in [-0.4, -0.2) is 29.9 Å². The molecule has 1 amide bonds. The SMILES string of the molecule is Cc1noc(C)c1C(C)NCCNC(=O)OC(C)(C)C. The maximum atomic E-state index is 11.5. The molecular formula is C14H25N3O3. The van der Waals surface area contributed by atoms with Crippen LogP contribution >= 0.6 is 0 Å². The number of hydrogen-bond acceptors (Lipinski definition) is 5. The summed E-state index contributed by atoms with van der Waals surface area (Å²) >= 11 is 0. The van der Waals surface area contributed by atoms with E-state index in [0.717, 1.165) is 17.0 Å². The van der Waals surface area contributed by atoms with Crippen molar-refractivity contribution in [2.24, 2.45) is 0 Å². The van der Waals surface area contributed by atoms with Gasteiger partial charge >= 0.3 is 6.09 Å². The first-order valence-electron chi connectivity index (χ1n) is 6.83. The molecule has 0 saturated carbocycles. The van der Waals surface area contributed by atoms with Crippen LogP contribution in [0.15, 0.2) is 4.52 Å². The summed E-state index contributed by atoms with van der Waals surface area (Å²) in [6.07, 6.45) is -0.399. The highest BCUT2D eigenvalue weighted by atomic mass is 16.6. The highest BCUT2D eigenvalue weighted by Gasteiger charge is 2.17. The molecule has 1 rings (SSSR count). The minimum absolute atomic E-state index is 0.127. The van der Waals surface area contributed by atoms with E-state index in [9.17, 15) is 4.79 Å². The molecule has 0 aliphatic heterocycles. The van der Waals surface area contributed by atoms with Crippen LogP contribution in [0.5, 0.6) is 0 Å². The lowest BCUT2D eigenvalue weighted by Gasteiger charge is -2.20. The number of carbonyl (C=O) groups excluding carboxylic acids is 1. The molecule has 0 fully saturated rings. The second kappa shape index (κ2) is 6.74. The minimum atomic E-state index is -0.471. The van der Waals surface area contributed by atoms with Gasteiger partial charge in [-0.15, -0.1) is 0 Å². The van der Waals surface area contributed by atoms with Crippen LogP contribution in [0, 0.1) is 13.8 Å². The monoisotopic (exact) mass is 283 g/mol. The standard InChI is InChI=1S/C14H25N3O3/c1-9(12-10(2)17-20-11(12)3)15-7-8-16-13(18)19-14(4,5)6/h9,15H,7-8H2,1-6H3,(H,16,18). The number of aromatic nitrogens is 1. The first-order valence-corrected chi connectivity index (χ1v) is 6.83. The summed E-state index contributed by atoms with van der Waals surface area (Å²) in [5.74, 6) is 0.822. The molecule has 0 bridgehead atoms. The Kier molecular flexibility index (Phi) is 5.56. The van der Waals surface area contributed by atoms with E-state index in [0.29, 0.717) is 13.1 Å². The van der Waals surface area contributed by atoms with Gasteiger partial charge in [0.2, 0.25) is 0 Å². The highest BCUT2D eigenvalue weighted by Crippen LogP contribution is 2.20. The Morgan fingerprint density at radius 2 is 2.00 bits per heavy atom. The summed E-state index contributed by atoms with van der Waals surface area (Å²) in [6, 6.07) is 0.127. The molecule has 0 saturated heterocycles. The zero-order chi connectivity index (χ0) is 15.3. The van der Waals surface area contributed by atoms with E-state index in [-0.39, 0.29) is 6.04 Å². The molecule has 0 spiro atoms. The number of nitrogens with one attached hydrogen (secondary N) is 2. The van der Waals surface area contributed by atoms with Crippen molar-refractivity contribution in [1.82, 2.24) is 15.8 Å². The number of ether oxygens (including phenoxy) is 1. The summed E-state index contributed by atoms with van der Waals surface area (Å²) in [4.78, 5) is 11.5. The topological polar surface area (TPSA) is 76.4 Å². The number of alkyl carbamates (subject to hydrolysis) is 1. The predicted molar refractivity (Wildman–Crippen MR) is 76.6 cm³/mol. The molecule has 1 atom stereocenters. The first kappa shape index (κ1) is 16.5. The smallest absolute Gasteiger partial charge is 0.407 e. The molecule has 0 aliphatic rings. The van der Waals surface area contributed by atoms with Crippen molar-refractivity contribution in [3.63, 3.8) is 0 Å². The lowest BCUT2D eigenvalue weighted by atomic mass is 10.1. The van der Waals surface area contributed by atoms with Gasteiger partial charge in [0, 0.05) is 24.7 Å². The maximum absolute atomic E-state index is 11.5. The van der Waals surface area contributed by atoms with Gasteiger partial charge < -0.3 is 19.9 Å². The third-order valence-electron chi connectivity index (χ3n) is 2.77. The highest BCUT2D eigenvalue weighted by molar-refractivity contribution is 5.67. The molecule has 20 heavy (non-hydrogen) atoms. The van der Waals surface area contributed by atoms with Crippen molar-refractivity contribution >= 4 is 6.09 Å². The van der Waals surface area contributed by atoms with Gasteiger partial charge in [0.25, 0.3) is 0 Å². The van der Waals surface area contributed by atoms with Crippen molar-refractivity contribution in [2.45, 2.75) is 53.2 Å². The van der Waals surface area contributed by atoms with Crippen molar-refractivity contribution in [3.05, 3.63) is 17.0 Å². The molecule has 6 heteroatoms. The van der Waals surface area contributed by atoms with E-state index in [1.54, 1.807) is 0 Å². The third-order valence-corrected chi connectivity index (χ3v) is 2.77. The molecule has 0 radical (unpaired) electrons. The van der Waals surface area contributed by atoms with E-state index < -0.39 is 11.7 Å². The van der Waals surface area contributed by atoms with E-state index in [1.165, 1.54) is 0 Å². The number of rotatable bonds is 5. The minimum Gasteiger partial charge on any atom is -0.444 e. The average Bonchev–Trinajstić information content (AvgIpc) is 2.62. The molecule has 1 heterocycles. The Morgan fingerprint density at radius 3 is 2.50 bits per heavy atom. The zero-order valence-electron chi connectivity index (χ0n) is 13.2. The van der Waals surface area contributed by atoms with E-state index in [4.69, 9.17) is 9.26 Å². The van der Waals surface area contributed by atoms with Gasteiger partial charge in [-0.2, -0.15) is 0 Å². The van der Waals surface area contributed by atoms with Gasteiger partial charge in [-0.3, -0.25) is 0 Å². The molecule has 0 aliphatic carbocycles. The number of amides is 1. The number of nitrogens with zero attached hydrogens (tertiary/aromatic N) is 1. The van der Waals surface area contributed by atoms with Gasteiger partial charge in [-0.05, 0) is 41.5 Å². The first-order chi connectivity index (χ1) is 9.20. The predicted octanol–water partition coefficient (Wildman–Crippen LogP) is 2.47. The molecule has 2 N–H and O–H groups in total. The fraction of sp³-hybridized carbons (Fsp3) is 0.714. The number of hydrogen-bond donors (Lipinski definition) is 2. The molecule has 1 aromatic heterocycles. The summed E-state index contributed by atoms with van der Waals surface area (Å²) in [5, 5.41) is 9.95. The molecule has 0 aromatic carbocycles. The summed E-state index contributed by atoms with van der Waals surface area (Å²) in [7, 11) is 0. The number of aryl methyl sites for hydroxylation is 2. The Hall–Kier alpha value is -1.56. The van der Waals surface area contributed by atoms with Crippen LogP contribution < -0.4 is 10.6 Å². The zero-order valence-corrected chi connectivity index (χ0v) is 13.2. The Morgan fingerprint density at radius 1 is 1.35 bits per heavy atom. The van der Waals surface area contributed by atoms with Crippen molar-refractivity contribution < 1.29 is 14.1 Å². The van der Waals surface area contributed by atoms with Crippen LogP contribution in [0.2, 0.25) is 0 Å². The van der Waals surface area contributed by atoms with Crippen molar-refractivity contribution in [2.75, 3.05) is 13.1 Å². The van der Waals surface area contributed by atoms with Gasteiger partial charge in [-0.25, -0.2) is 4.79 Å². The van der Waals surface area contributed by atoms with Crippen LogP contribution in [0.1, 0.15) is 50.8 Å². The molecule has 1 aromatic rings. The largest absolute Gasteiger partial charge is 0.444 e. The van der Waals surface area contributed by atoms with Gasteiger partial charge in [0.15, 0.2) is 0 Å². The van der Waals surface area contributed by atoms with E-state index in [1.807, 2.05) is 41.5 Å². The third kappa shape index (κ3) is 5.21. The maximum Gasteiger partial charge on any atom is 0.407 e. The Bertz CT molecular complexity index is 430. The second-order valence-corrected chi connectivity index (χ2v) is 5.84. The lowest BCUT2D eigenvalue weighted by Crippen LogP contribution is -2.37. The van der Waals surface area contributed by atoms with Crippen molar-refractivity contribution in [3.8, 4) is 0 Å². The van der Waals surface area contributed by atoms with Gasteiger partial charge in [0.1, 0.15) is 11.4 Å². The van der Waals surface area contributed by atoms with Gasteiger partial charge in [-0.1, -0.05) is 5.16 Å². The molecule has 6 nitrogen and oxygen atoms in total. The van der Waals surface area contributed by atoms with Crippen LogP contribution in [0.4, 0.5) is 4.79 Å². The average molecular weight is 283 g/mol. The van der Waals surface area contributed by atoms with E-state index >= 15 is 0 Å². The fourth-order valence-corrected chi connectivity index (χ4v) is 1.98. The van der Waals surface area contributed by atoms with Crippen LogP contribution in [0.25, 0.3) is 0 Å². The summed E-state index contributed by atoms with van der Waals surface area (Å²) in [5.41, 5.74) is 1.49. The van der Waals surface area contributed by atoms with Gasteiger partial charge in [0.05, 0.1) is 5.69 Å². The summed E-state index contributed by atoms with van der Waals surface area (Å²) < 4.78 is 10.3. The van der Waals surface area contributed by atoms with Crippen LogP contribution in [0.3, 0.4) is 0 Å². The lowest BCUT2D eigenvalue weighted by molar-refractivity contribution is 0.0528. The Labute approximate surface area is 120 Å². The Balaban J connectivity index is 2.30. The quantitative estimate of drug-likeness (QED) is 0.812.